The fraction of sp³-hybridized carbons (Fsp3) is 0.429. The second kappa shape index (κ2) is 8.58. The molecule has 0 saturated carbocycles. The average Bonchev–Trinajstić information content (AvgIpc) is 2.36. The van der Waals surface area contributed by atoms with E-state index in [9.17, 15) is 9.59 Å². The van der Waals surface area contributed by atoms with Gasteiger partial charge in [0.15, 0.2) is 0 Å². The number of anilines is 1. The third-order valence-corrected chi connectivity index (χ3v) is 3.28. The monoisotopic (exact) mass is 342 g/mol. The number of carbonyl (C=O) groups excluding carboxylic acids is 1. The molecule has 0 aliphatic rings. The van der Waals surface area contributed by atoms with Crippen molar-refractivity contribution < 1.29 is 14.7 Å². The van der Waals surface area contributed by atoms with Crippen LogP contribution in [-0.2, 0) is 4.79 Å². The summed E-state index contributed by atoms with van der Waals surface area (Å²) in [6.45, 7) is 2.47. The zero-order valence-corrected chi connectivity index (χ0v) is 13.0. The molecule has 0 bridgehead atoms. The number of carboxylic acids is 1. The summed E-state index contributed by atoms with van der Waals surface area (Å²) in [4.78, 5) is 22.0. The highest BCUT2D eigenvalue weighted by molar-refractivity contribution is 9.10. The lowest BCUT2D eigenvalue weighted by atomic mass is 10.2. The van der Waals surface area contributed by atoms with Crippen molar-refractivity contribution in [1.82, 2.24) is 5.32 Å². The van der Waals surface area contributed by atoms with Gasteiger partial charge in [0.25, 0.3) is 0 Å². The maximum absolute atomic E-state index is 11.7. The maximum Gasteiger partial charge on any atom is 0.319 e. The van der Waals surface area contributed by atoms with Gasteiger partial charge in [-0.1, -0.05) is 22.4 Å². The zero-order valence-electron chi connectivity index (χ0n) is 11.4. The number of benzene rings is 1. The van der Waals surface area contributed by atoms with Gasteiger partial charge in [-0.2, -0.15) is 0 Å². The third-order valence-electron chi connectivity index (χ3n) is 2.79. The number of halogens is 1. The van der Waals surface area contributed by atoms with Crippen LogP contribution in [0.3, 0.4) is 0 Å². The molecule has 3 N–H and O–H groups in total. The highest BCUT2D eigenvalue weighted by Gasteiger charge is 2.04. The summed E-state index contributed by atoms with van der Waals surface area (Å²) in [6.07, 6.45) is 2.40. The Morgan fingerprint density at radius 2 is 2.00 bits per heavy atom. The van der Waals surface area contributed by atoms with E-state index in [0.29, 0.717) is 13.0 Å². The van der Waals surface area contributed by atoms with Crippen molar-refractivity contribution in [3.8, 4) is 0 Å². The van der Waals surface area contributed by atoms with Crippen LogP contribution < -0.4 is 10.6 Å². The molecule has 1 aromatic rings. The Bertz CT molecular complexity index is 477. The predicted molar refractivity (Wildman–Crippen MR) is 82.0 cm³/mol. The van der Waals surface area contributed by atoms with Crippen molar-refractivity contribution >= 4 is 33.6 Å². The summed E-state index contributed by atoms with van der Waals surface area (Å²) in [6, 6.07) is 5.40. The van der Waals surface area contributed by atoms with Crippen LogP contribution in [0.1, 0.15) is 31.2 Å². The number of carbonyl (C=O) groups is 2. The molecule has 1 aromatic carbocycles. The lowest BCUT2D eigenvalue weighted by molar-refractivity contribution is -0.137. The largest absolute Gasteiger partial charge is 0.481 e. The molecular formula is C14H19BrN2O3. The summed E-state index contributed by atoms with van der Waals surface area (Å²) >= 11 is 3.37. The highest BCUT2D eigenvalue weighted by atomic mass is 79.9. The first-order chi connectivity index (χ1) is 9.49. The van der Waals surface area contributed by atoms with Gasteiger partial charge in [-0.3, -0.25) is 4.79 Å². The zero-order chi connectivity index (χ0) is 15.0. The second-order valence-electron chi connectivity index (χ2n) is 4.54. The lowest BCUT2D eigenvalue weighted by Crippen LogP contribution is -2.29. The topological polar surface area (TPSA) is 78.4 Å². The molecule has 0 aliphatic carbocycles. The van der Waals surface area contributed by atoms with Crippen molar-refractivity contribution in [2.75, 3.05) is 11.9 Å². The number of urea groups is 1. The Hall–Kier alpha value is -1.56. The molecule has 0 spiro atoms. The van der Waals surface area contributed by atoms with Crippen molar-refractivity contribution in [3.05, 3.63) is 28.2 Å². The quantitative estimate of drug-likeness (QED) is 0.663. The molecular weight excluding hydrogens is 324 g/mol. The first-order valence-electron chi connectivity index (χ1n) is 6.52. The van der Waals surface area contributed by atoms with E-state index < -0.39 is 5.97 Å². The van der Waals surface area contributed by atoms with Crippen LogP contribution in [-0.4, -0.2) is 23.7 Å². The maximum atomic E-state index is 11.7. The molecule has 0 atom stereocenters. The minimum atomic E-state index is -0.776. The molecule has 6 heteroatoms. The van der Waals surface area contributed by atoms with Gasteiger partial charge in [0, 0.05) is 23.1 Å². The number of nitrogens with one attached hydrogen (secondary N) is 2. The van der Waals surface area contributed by atoms with Gasteiger partial charge >= 0.3 is 12.0 Å². The summed E-state index contributed by atoms with van der Waals surface area (Å²) in [5.41, 5.74) is 1.76. The third kappa shape index (κ3) is 6.56. The van der Waals surface area contributed by atoms with Crippen molar-refractivity contribution in [3.63, 3.8) is 0 Å². The molecule has 110 valence electrons. The number of amides is 2. The van der Waals surface area contributed by atoms with Crippen LogP contribution in [0.2, 0.25) is 0 Å². The number of aryl methyl sites for hydroxylation is 1. The fourth-order valence-electron chi connectivity index (χ4n) is 1.71. The number of aliphatic carboxylic acids is 1. The molecule has 0 heterocycles. The fourth-order valence-corrected chi connectivity index (χ4v) is 2.19. The highest BCUT2D eigenvalue weighted by Crippen LogP contribution is 2.19. The van der Waals surface area contributed by atoms with Crippen molar-refractivity contribution in [2.45, 2.75) is 32.6 Å². The minimum absolute atomic E-state index is 0.185. The Balaban J connectivity index is 2.22. The van der Waals surface area contributed by atoms with E-state index in [4.69, 9.17) is 5.11 Å². The first-order valence-corrected chi connectivity index (χ1v) is 7.31. The van der Waals surface area contributed by atoms with Gasteiger partial charge in [0.2, 0.25) is 0 Å². The van der Waals surface area contributed by atoms with Crippen LogP contribution in [0.15, 0.2) is 22.7 Å². The Labute approximate surface area is 126 Å². The molecule has 0 fully saturated rings. The minimum Gasteiger partial charge on any atom is -0.481 e. The van der Waals surface area contributed by atoms with Crippen LogP contribution in [0, 0.1) is 6.92 Å². The van der Waals surface area contributed by atoms with E-state index in [2.05, 4.69) is 26.6 Å². The van der Waals surface area contributed by atoms with Gasteiger partial charge in [-0.05, 0) is 43.5 Å². The van der Waals surface area contributed by atoms with E-state index in [-0.39, 0.29) is 12.5 Å². The molecule has 0 unspecified atom stereocenters. The molecule has 2 amide bonds. The molecule has 0 aliphatic heterocycles. The smallest absolute Gasteiger partial charge is 0.319 e. The number of unbranched alkanes of at least 4 members (excludes halogenated alkanes) is 2. The molecule has 0 saturated heterocycles. The molecule has 1 rings (SSSR count). The standard InChI is InChI=1S/C14H19BrN2O3/c1-10-9-11(15)6-7-12(10)17-14(20)16-8-4-2-3-5-13(18)19/h6-7,9H,2-5,8H2,1H3,(H,18,19)(H2,16,17,20). The van der Waals surface area contributed by atoms with Crippen LogP contribution >= 0.6 is 15.9 Å². The summed E-state index contributed by atoms with van der Waals surface area (Å²) in [5, 5.41) is 14.0. The van der Waals surface area contributed by atoms with Crippen LogP contribution in [0.5, 0.6) is 0 Å². The predicted octanol–water partition coefficient (Wildman–Crippen LogP) is 3.52. The summed E-state index contributed by atoms with van der Waals surface area (Å²) in [5.74, 6) is -0.776. The van der Waals surface area contributed by atoms with E-state index in [1.807, 2.05) is 25.1 Å². The number of hydrogen-bond acceptors (Lipinski definition) is 2. The van der Waals surface area contributed by atoms with Gasteiger partial charge in [-0.15, -0.1) is 0 Å². The second-order valence-corrected chi connectivity index (χ2v) is 5.46. The SMILES string of the molecule is Cc1cc(Br)ccc1NC(=O)NCCCCCC(=O)O. The van der Waals surface area contributed by atoms with E-state index >= 15 is 0 Å². The van der Waals surface area contributed by atoms with E-state index in [1.165, 1.54) is 0 Å². The van der Waals surface area contributed by atoms with Crippen LogP contribution in [0.25, 0.3) is 0 Å². The normalized spacial score (nSPS) is 10.1. The lowest BCUT2D eigenvalue weighted by Gasteiger charge is -2.10. The Kier molecular flexibility index (Phi) is 7.08. The summed E-state index contributed by atoms with van der Waals surface area (Å²) < 4.78 is 0.972. The molecule has 0 aromatic heterocycles. The van der Waals surface area contributed by atoms with Crippen molar-refractivity contribution in [1.29, 1.82) is 0 Å². The van der Waals surface area contributed by atoms with Crippen molar-refractivity contribution in [2.24, 2.45) is 0 Å². The van der Waals surface area contributed by atoms with Crippen LogP contribution in [0.4, 0.5) is 10.5 Å². The number of rotatable bonds is 7. The average molecular weight is 343 g/mol. The first kappa shape index (κ1) is 16.5. The van der Waals surface area contributed by atoms with Gasteiger partial charge < -0.3 is 15.7 Å². The van der Waals surface area contributed by atoms with E-state index in [1.54, 1.807) is 0 Å². The van der Waals surface area contributed by atoms with Gasteiger partial charge in [0.05, 0.1) is 0 Å². The van der Waals surface area contributed by atoms with Gasteiger partial charge in [-0.25, -0.2) is 4.79 Å². The summed E-state index contributed by atoms with van der Waals surface area (Å²) in [7, 11) is 0. The molecule has 0 radical (unpaired) electrons. The molecule has 20 heavy (non-hydrogen) atoms. The van der Waals surface area contributed by atoms with E-state index in [0.717, 1.165) is 28.6 Å². The Morgan fingerprint density at radius 3 is 2.65 bits per heavy atom. The molecule has 5 nitrogen and oxygen atoms in total. The Morgan fingerprint density at radius 1 is 1.25 bits per heavy atom. The number of carboxylic acid groups (broad SMARTS) is 1. The van der Waals surface area contributed by atoms with Gasteiger partial charge in [0.1, 0.15) is 0 Å². The number of hydrogen-bond donors (Lipinski definition) is 3.